The number of morpholine rings is 1. The fraction of sp³-hybridized carbons (Fsp3) is 0.478. The molecule has 10 heteroatoms. The highest BCUT2D eigenvalue weighted by atomic mass is 32.2. The number of sulfone groups is 1. The number of ether oxygens (including phenoxy) is 2. The summed E-state index contributed by atoms with van der Waals surface area (Å²) in [6.45, 7) is 4.41. The molecule has 0 radical (unpaired) electrons. The predicted octanol–water partition coefficient (Wildman–Crippen LogP) is 3.04. The number of nitrogens with zero attached hydrogens (tertiary/aromatic N) is 3. The van der Waals surface area contributed by atoms with Gasteiger partial charge in [0.1, 0.15) is 16.4 Å². The fourth-order valence-corrected chi connectivity index (χ4v) is 6.23. The zero-order valence-electron chi connectivity index (χ0n) is 18.7. The molecule has 4 heterocycles. The van der Waals surface area contributed by atoms with Crippen LogP contribution in [-0.4, -0.2) is 68.6 Å². The molecule has 0 bridgehead atoms. The molecule has 0 unspecified atom stereocenters. The third kappa shape index (κ3) is 3.89. The van der Waals surface area contributed by atoms with Crippen LogP contribution in [-0.2, 0) is 24.1 Å². The van der Waals surface area contributed by atoms with E-state index in [0.717, 1.165) is 5.39 Å². The Labute approximate surface area is 192 Å². The van der Waals surface area contributed by atoms with E-state index >= 15 is 0 Å². The topological polar surface area (TPSA) is 97.4 Å². The average molecular weight is 475 g/mol. The first kappa shape index (κ1) is 22.2. The first-order chi connectivity index (χ1) is 15.8. The largest absolute Gasteiger partial charge is 0.381 e. The van der Waals surface area contributed by atoms with E-state index in [0.29, 0.717) is 74.2 Å². The summed E-state index contributed by atoms with van der Waals surface area (Å²) in [5.41, 5.74) is 1.58. The molecule has 1 aromatic carbocycles. The van der Waals surface area contributed by atoms with Crippen molar-refractivity contribution in [3.05, 3.63) is 42.0 Å². The van der Waals surface area contributed by atoms with Crippen LogP contribution in [0.15, 0.2) is 30.5 Å². The number of aromatic nitrogens is 3. The molecule has 2 aliphatic heterocycles. The third-order valence-corrected chi connectivity index (χ3v) is 8.76. The Morgan fingerprint density at radius 2 is 1.94 bits per heavy atom. The van der Waals surface area contributed by atoms with E-state index in [-0.39, 0.29) is 6.04 Å². The predicted molar refractivity (Wildman–Crippen MR) is 123 cm³/mol. The van der Waals surface area contributed by atoms with Gasteiger partial charge in [0.25, 0.3) is 0 Å². The molecule has 2 aromatic heterocycles. The van der Waals surface area contributed by atoms with Gasteiger partial charge in [0.15, 0.2) is 15.7 Å². The molecule has 3 aromatic rings. The van der Waals surface area contributed by atoms with Gasteiger partial charge in [-0.25, -0.2) is 22.8 Å². The van der Waals surface area contributed by atoms with Crippen molar-refractivity contribution >= 4 is 26.6 Å². The van der Waals surface area contributed by atoms with E-state index in [2.05, 4.69) is 9.88 Å². The van der Waals surface area contributed by atoms with Crippen molar-refractivity contribution in [2.24, 2.45) is 0 Å². The number of halogens is 1. The van der Waals surface area contributed by atoms with E-state index in [1.807, 2.05) is 13.0 Å². The number of H-pyrrole nitrogens is 1. The highest BCUT2D eigenvalue weighted by molar-refractivity contribution is 7.91. The van der Waals surface area contributed by atoms with Gasteiger partial charge in [0.2, 0.25) is 0 Å². The van der Waals surface area contributed by atoms with Gasteiger partial charge < -0.3 is 19.4 Å². The van der Waals surface area contributed by atoms with Crippen molar-refractivity contribution in [2.75, 3.05) is 44.1 Å². The van der Waals surface area contributed by atoms with Crippen LogP contribution >= 0.6 is 0 Å². The van der Waals surface area contributed by atoms with Crippen molar-refractivity contribution in [3.8, 4) is 11.4 Å². The van der Waals surface area contributed by atoms with Crippen LogP contribution in [0.2, 0.25) is 0 Å². The SMILES string of the molecule is C[C@@H]1COCCN1c1cc(C2(S(C)(=O)=O)CCOCC2)nc(-c2cc(F)cc3[nH]ccc23)n1. The van der Waals surface area contributed by atoms with Gasteiger partial charge in [-0.2, -0.15) is 0 Å². The number of aromatic amines is 1. The van der Waals surface area contributed by atoms with Gasteiger partial charge in [-0.3, -0.25) is 0 Å². The zero-order chi connectivity index (χ0) is 23.2. The standard InChI is InChI=1S/C23H27FN4O4S/c1-15-14-32-10-7-28(15)21-13-20(23(33(2,29)30)4-8-31-9-5-23)26-22(27-21)18-11-16(24)12-19-17(18)3-6-25-19/h3,6,11-13,15,25H,4-5,7-10,14H2,1-2H3/t15-/m1/s1. The Balaban J connectivity index is 1.76. The summed E-state index contributed by atoms with van der Waals surface area (Å²) in [5.74, 6) is 0.507. The van der Waals surface area contributed by atoms with Crippen molar-refractivity contribution in [3.63, 3.8) is 0 Å². The molecule has 2 fully saturated rings. The Morgan fingerprint density at radius 1 is 1.15 bits per heavy atom. The Kier molecular flexibility index (Phi) is 5.62. The maximum atomic E-state index is 14.5. The van der Waals surface area contributed by atoms with Gasteiger partial charge in [0, 0.05) is 54.7 Å². The quantitative estimate of drug-likeness (QED) is 0.621. The zero-order valence-corrected chi connectivity index (χ0v) is 19.5. The van der Waals surface area contributed by atoms with Gasteiger partial charge in [-0.05, 0) is 38.0 Å². The van der Waals surface area contributed by atoms with Crippen LogP contribution in [0.3, 0.4) is 0 Å². The van der Waals surface area contributed by atoms with Gasteiger partial charge in [-0.15, -0.1) is 0 Å². The third-order valence-electron chi connectivity index (χ3n) is 6.73. The molecule has 8 nitrogen and oxygen atoms in total. The van der Waals surface area contributed by atoms with E-state index < -0.39 is 20.4 Å². The van der Waals surface area contributed by atoms with E-state index in [1.165, 1.54) is 18.4 Å². The van der Waals surface area contributed by atoms with Crippen molar-refractivity contribution in [1.29, 1.82) is 0 Å². The van der Waals surface area contributed by atoms with E-state index in [4.69, 9.17) is 19.4 Å². The summed E-state index contributed by atoms with van der Waals surface area (Å²) in [7, 11) is -3.53. The summed E-state index contributed by atoms with van der Waals surface area (Å²) in [6, 6.07) is 6.50. The molecule has 0 saturated carbocycles. The van der Waals surface area contributed by atoms with E-state index in [9.17, 15) is 12.8 Å². The number of hydrogen-bond donors (Lipinski definition) is 1. The Hall–Kier alpha value is -2.56. The molecule has 2 aliphatic rings. The Morgan fingerprint density at radius 3 is 2.67 bits per heavy atom. The molecule has 2 saturated heterocycles. The first-order valence-corrected chi connectivity index (χ1v) is 13.0. The number of anilines is 1. The van der Waals surface area contributed by atoms with Crippen molar-refractivity contribution in [2.45, 2.75) is 30.6 Å². The minimum Gasteiger partial charge on any atom is -0.381 e. The normalized spacial score (nSPS) is 21.4. The Bertz CT molecular complexity index is 1290. The van der Waals surface area contributed by atoms with Crippen molar-refractivity contribution in [1.82, 2.24) is 15.0 Å². The molecular weight excluding hydrogens is 447 g/mol. The highest BCUT2D eigenvalue weighted by Crippen LogP contribution is 2.41. The number of fused-ring (bicyclic) bond motifs is 1. The molecule has 0 aliphatic carbocycles. The monoisotopic (exact) mass is 474 g/mol. The maximum absolute atomic E-state index is 14.5. The highest BCUT2D eigenvalue weighted by Gasteiger charge is 2.46. The molecule has 5 rings (SSSR count). The lowest BCUT2D eigenvalue weighted by molar-refractivity contribution is 0.0731. The number of benzene rings is 1. The first-order valence-electron chi connectivity index (χ1n) is 11.1. The summed E-state index contributed by atoms with van der Waals surface area (Å²) in [4.78, 5) is 14.7. The number of nitrogens with one attached hydrogen (secondary N) is 1. The van der Waals surface area contributed by atoms with Gasteiger partial charge in [-0.1, -0.05) is 0 Å². The second-order valence-electron chi connectivity index (χ2n) is 8.82. The second-order valence-corrected chi connectivity index (χ2v) is 11.1. The van der Waals surface area contributed by atoms with Crippen LogP contribution in [0.1, 0.15) is 25.5 Å². The molecule has 33 heavy (non-hydrogen) atoms. The van der Waals surface area contributed by atoms with Crippen LogP contribution in [0.4, 0.5) is 10.2 Å². The van der Waals surface area contributed by atoms with Crippen LogP contribution in [0.25, 0.3) is 22.3 Å². The summed E-state index contributed by atoms with van der Waals surface area (Å²) in [6.07, 6.45) is 3.61. The minimum atomic E-state index is -3.53. The average Bonchev–Trinajstić information content (AvgIpc) is 3.26. The van der Waals surface area contributed by atoms with Crippen molar-refractivity contribution < 1.29 is 22.3 Å². The molecular formula is C23H27FN4O4S. The molecule has 0 amide bonds. The van der Waals surface area contributed by atoms with Crippen LogP contribution in [0.5, 0.6) is 0 Å². The second kappa shape index (κ2) is 8.34. The van der Waals surface area contributed by atoms with Gasteiger partial charge in [0.05, 0.1) is 24.9 Å². The van der Waals surface area contributed by atoms with Gasteiger partial charge >= 0.3 is 0 Å². The number of rotatable bonds is 4. The summed E-state index contributed by atoms with van der Waals surface area (Å²) in [5, 5.41) is 0.773. The minimum absolute atomic E-state index is 0.0537. The molecule has 0 spiro atoms. The van der Waals surface area contributed by atoms with E-state index in [1.54, 1.807) is 12.3 Å². The van der Waals surface area contributed by atoms with Crippen LogP contribution < -0.4 is 4.90 Å². The fourth-order valence-electron chi connectivity index (χ4n) is 4.84. The molecule has 1 atom stereocenters. The summed E-state index contributed by atoms with van der Waals surface area (Å²) < 4.78 is 50.6. The molecule has 1 N–H and O–H groups in total. The van der Waals surface area contributed by atoms with Crippen LogP contribution in [0, 0.1) is 5.82 Å². The molecule has 176 valence electrons. The number of hydrogen-bond acceptors (Lipinski definition) is 7. The lowest BCUT2D eigenvalue weighted by Crippen LogP contribution is -2.45. The lowest BCUT2D eigenvalue weighted by Gasteiger charge is -2.37. The maximum Gasteiger partial charge on any atom is 0.162 e. The lowest BCUT2D eigenvalue weighted by atomic mass is 9.94. The smallest absolute Gasteiger partial charge is 0.162 e. The summed E-state index contributed by atoms with van der Waals surface area (Å²) >= 11 is 0.